The Hall–Kier alpha value is -3.25. The van der Waals surface area contributed by atoms with E-state index in [0.717, 1.165) is 11.8 Å². The standard InChI is InChI=1S/C22H20N2O3S/c1-24(2)22(26)28-20-14-7-6-13-19(20)23-21(25)16-9-8-12-18(15-16)27-17-10-4-3-5-11-17/h3-15H,1-2H3,(H,23,25). The molecule has 0 atom stereocenters. The number of ether oxygens (including phenoxy) is 1. The van der Waals surface area contributed by atoms with Gasteiger partial charge in [0.1, 0.15) is 11.5 Å². The monoisotopic (exact) mass is 392 g/mol. The maximum Gasteiger partial charge on any atom is 0.286 e. The number of carbonyl (C=O) groups is 2. The Balaban J connectivity index is 1.75. The predicted molar refractivity (Wildman–Crippen MR) is 112 cm³/mol. The fraction of sp³-hybridized carbons (Fsp3) is 0.0909. The molecule has 0 spiro atoms. The number of thioether (sulfide) groups is 1. The second-order valence-corrected chi connectivity index (χ2v) is 7.15. The van der Waals surface area contributed by atoms with Gasteiger partial charge in [-0.2, -0.15) is 0 Å². The molecule has 3 aromatic rings. The Labute approximate surface area is 168 Å². The minimum absolute atomic E-state index is 0.111. The van der Waals surface area contributed by atoms with Crippen LogP contribution in [0.25, 0.3) is 0 Å². The average Bonchev–Trinajstić information content (AvgIpc) is 2.70. The van der Waals surface area contributed by atoms with Crippen LogP contribution in [0.3, 0.4) is 0 Å². The summed E-state index contributed by atoms with van der Waals surface area (Å²) in [6.07, 6.45) is 0. The molecule has 1 N–H and O–H groups in total. The number of anilines is 1. The lowest BCUT2D eigenvalue weighted by Gasteiger charge is -2.13. The van der Waals surface area contributed by atoms with Crippen LogP contribution in [0.1, 0.15) is 10.4 Å². The van der Waals surface area contributed by atoms with Gasteiger partial charge in [0.2, 0.25) is 0 Å². The summed E-state index contributed by atoms with van der Waals surface area (Å²) >= 11 is 1.07. The fourth-order valence-corrected chi connectivity index (χ4v) is 3.11. The SMILES string of the molecule is CN(C)C(=O)Sc1ccccc1NC(=O)c1cccc(Oc2ccccc2)c1. The summed E-state index contributed by atoms with van der Waals surface area (Å²) in [6, 6.07) is 23.6. The van der Waals surface area contributed by atoms with E-state index in [1.54, 1.807) is 50.5 Å². The molecule has 0 saturated carbocycles. The number of nitrogens with zero attached hydrogens (tertiary/aromatic N) is 1. The zero-order valence-corrected chi connectivity index (χ0v) is 16.4. The first-order valence-electron chi connectivity index (χ1n) is 8.65. The first-order chi connectivity index (χ1) is 13.5. The van der Waals surface area contributed by atoms with Crippen LogP contribution in [-0.2, 0) is 0 Å². The highest BCUT2D eigenvalue weighted by molar-refractivity contribution is 8.13. The molecule has 6 heteroatoms. The van der Waals surface area contributed by atoms with E-state index in [0.29, 0.717) is 27.6 Å². The number of para-hydroxylation sites is 2. The van der Waals surface area contributed by atoms with Gasteiger partial charge < -0.3 is 15.0 Å². The molecule has 5 nitrogen and oxygen atoms in total. The van der Waals surface area contributed by atoms with Gasteiger partial charge in [-0.25, -0.2) is 0 Å². The van der Waals surface area contributed by atoms with Gasteiger partial charge in [-0.3, -0.25) is 9.59 Å². The molecule has 0 fully saturated rings. The summed E-state index contributed by atoms with van der Waals surface area (Å²) in [5, 5.41) is 2.76. The molecule has 0 unspecified atom stereocenters. The first-order valence-corrected chi connectivity index (χ1v) is 9.47. The van der Waals surface area contributed by atoms with Crippen molar-refractivity contribution in [1.29, 1.82) is 0 Å². The second-order valence-electron chi connectivity index (χ2n) is 6.16. The van der Waals surface area contributed by atoms with Crippen molar-refractivity contribution in [3.63, 3.8) is 0 Å². The van der Waals surface area contributed by atoms with Crippen molar-refractivity contribution in [2.75, 3.05) is 19.4 Å². The van der Waals surface area contributed by atoms with E-state index >= 15 is 0 Å². The van der Waals surface area contributed by atoms with E-state index < -0.39 is 0 Å². The third-order valence-corrected chi connectivity index (χ3v) is 4.89. The molecular formula is C22H20N2O3S. The molecule has 0 aliphatic rings. The lowest BCUT2D eigenvalue weighted by molar-refractivity contribution is 0.102. The number of rotatable bonds is 5. The lowest BCUT2D eigenvalue weighted by Crippen LogP contribution is -2.17. The smallest absolute Gasteiger partial charge is 0.286 e. The highest BCUT2D eigenvalue weighted by Gasteiger charge is 2.14. The van der Waals surface area contributed by atoms with Crippen molar-refractivity contribution in [3.8, 4) is 11.5 Å². The summed E-state index contributed by atoms with van der Waals surface area (Å²) in [5.74, 6) is 0.997. The van der Waals surface area contributed by atoms with Gasteiger partial charge in [0.05, 0.1) is 5.69 Å². The molecule has 2 amide bonds. The molecule has 0 bridgehead atoms. The highest BCUT2D eigenvalue weighted by Crippen LogP contribution is 2.29. The van der Waals surface area contributed by atoms with Crippen LogP contribution in [0.15, 0.2) is 83.8 Å². The molecule has 0 aliphatic heterocycles. The summed E-state index contributed by atoms with van der Waals surface area (Å²) in [5.41, 5.74) is 1.05. The maximum atomic E-state index is 12.7. The number of carbonyl (C=O) groups excluding carboxylic acids is 2. The molecule has 0 aliphatic carbocycles. The topological polar surface area (TPSA) is 58.6 Å². The summed E-state index contributed by atoms with van der Waals surface area (Å²) < 4.78 is 5.79. The minimum Gasteiger partial charge on any atom is -0.457 e. The average molecular weight is 392 g/mol. The summed E-state index contributed by atoms with van der Waals surface area (Å²) in [4.78, 5) is 26.9. The third-order valence-electron chi connectivity index (χ3n) is 3.77. The maximum absolute atomic E-state index is 12.7. The minimum atomic E-state index is -0.274. The van der Waals surface area contributed by atoms with Gasteiger partial charge in [-0.1, -0.05) is 36.4 Å². The number of benzene rings is 3. The van der Waals surface area contributed by atoms with Crippen molar-refractivity contribution in [3.05, 3.63) is 84.4 Å². The largest absolute Gasteiger partial charge is 0.457 e. The predicted octanol–water partition coefficient (Wildman–Crippen LogP) is 5.50. The van der Waals surface area contributed by atoms with Crippen molar-refractivity contribution in [2.24, 2.45) is 0 Å². The van der Waals surface area contributed by atoms with Crippen molar-refractivity contribution in [2.45, 2.75) is 4.90 Å². The van der Waals surface area contributed by atoms with Crippen molar-refractivity contribution >= 4 is 28.6 Å². The van der Waals surface area contributed by atoms with Crippen molar-refractivity contribution in [1.82, 2.24) is 4.90 Å². The molecule has 28 heavy (non-hydrogen) atoms. The molecule has 3 aromatic carbocycles. The molecule has 142 valence electrons. The van der Waals surface area contributed by atoms with E-state index in [9.17, 15) is 9.59 Å². The summed E-state index contributed by atoms with van der Waals surface area (Å²) in [7, 11) is 3.38. The van der Waals surface area contributed by atoms with Crippen LogP contribution in [0, 0.1) is 0 Å². The van der Waals surface area contributed by atoms with E-state index in [2.05, 4.69) is 5.32 Å². The van der Waals surface area contributed by atoms with E-state index in [4.69, 9.17) is 4.74 Å². The lowest BCUT2D eigenvalue weighted by atomic mass is 10.2. The van der Waals surface area contributed by atoms with Gasteiger partial charge in [-0.05, 0) is 54.2 Å². The second kappa shape index (κ2) is 9.10. The van der Waals surface area contributed by atoms with Gasteiger partial charge >= 0.3 is 0 Å². The molecule has 3 rings (SSSR count). The fourth-order valence-electron chi connectivity index (χ4n) is 2.36. The first kappa shape index (κ1) is 19.5. The molecule has 0 radical (unpaired) electrons. The summed E-state index contributed by atoms with van der Waals surface area (Å²) in [6.45, 7) is 0. The zero-order chi connectivity index (χ0) is 19.9. The van der Waals surface area contributed by atoms with Crippen LogP contribution in [0.4, 0.5) is 10.5 Å². The zero-order valence-electron chi connectivity index (χ0n) is 15.6. The Bertz CT molecular complexity index is 974. The van der Waals surface area contributed by atoms with Crippen molar-refractivity contribution < 1.29 is 14.3 Å². The van der Waals surface area contributed by atoms with E-state index in [1.165, 1.54) is 4.90 Å². The van der Waals surface area contributed by atoms with Crippen LogP contribution in [-0.4, -0.2) is 30.1 Å². The number of hydrogen-bond acceptors (Lipinski definition) is 4. The number of nitrogens with one attached hydrogen (secondary N) is 1. The van der Waals surface area contributed by atoms with Gasteiger partial charge in [-0.15, -0.1) is 0 Å². The van der Waals surface area contributed by atoms with Crippen LogP contribution in [0.2, 0.25) is 0 Å². The van der Waals surface area contributed by atoms with Gasteiger partial charge in [0, 0.05) is 24.6 Å². The number of hydrogen-bond donors (Lipinski definition) is 1. The Kier molecular flexibility index (Phi) is 6.34. The third kappa shape index (κ3) is 5.14. The highest BCUT2D eigenvalue weighted by atomic mass is 32.2. The Morgan fingerprint density at radius 1 is 0.857 bits per heavy atom. The van der Waals surface area contributed by atoms with E-state index in [-0.39, 0.29) is 11.1 Å². The molecular weight excluding hydrogens is 372 g/mol. The molecule has 0 heterocycles. The molecule has 0 aromatic heterocycles. The van der Waals surface area contributed by atoms with Crippen LogP contribution in [0.5, 0.6) is 11.5 Å². The quantitative estimate of drug-likeness (QED) is 0.582. The Morgan fingerprint density at radius 3 is 2.29 bits per heavy atom. The number of amides is 2. The van der Waals surface area contributed by atoms with Gasteiger partial charge in [0.15, 0.2) is 0 Å². The van der Waals surface area contributed by atoms with Gasteiger partial charge in [0.25, 0.3) is 11.1 Å². The molecule has 0 saturated heterocycles. The van der Waals surface area contributed by atoms with Crippen LogP contribution < -0.4 is 10.1 Å². The Morgan fingerprint density at radius 2 is 1.54 bits per heavy atom. The van der Waals surface area contributed by atoms with Crippen LogP contribution >= 0.6 is 11.8 Å². The normalized spacial score (nSPS) is 10.2. The van der Waals surface area contributed by atoms with E-state index in [1.807, 2.05) is 42.5 Å².